The molecule has 1 amide bonds. The molecule has 2 N–H and O–H groups in total. The van der Waals surface area contributed by atoms with Crippen molar-refractivity contribution in [2.24, 2.45) is 5.92 Å². The van der Waals surface area contributed by atoms with E-state index in [1.807, 2.05) is 0 Å². The number of rotatable bonds is 8. The van der Waals surface area contributed by atoms with E-state index >= 15 is 0 Å². The molecule has 1 aliphatic heterocycles. The lowest BCUT2D eigenvalue weighted by Crippen LogP contribution is -2.36. The number of anilines is 1. The van der Waals surface area contributed by atoms with Gasteiger partial charge < -0.3 is 15.2 Å². The summed E-state index contributed by atoms with van der Waals surface area (Å²) in [6, 6.07) is 17.2. The molecule has 4 nitrogen and oxygen atoms in total. The molecule has 1 atom stereocenters. The Bertz CT molecular complexity index is 1260. The Morgan fingerprint density at radius 1 is 1.18 bits per heavy atom. The van der Waals surface area contributed by atoms with Crippen molar-refractivity contribution in [1.29, 1.82) is 0 Å². The Hall–Kier alpha value is -2.79. The van der Waals surface area contributed by atoms with E-state index in [-0.39, 0.29) is 11.9 Å². The van der Waals surface area contributed by atoms with Gasteiger partial charge in [0.15, 0.2) is 0 Å². The second-order valence-electron chi connectivity index (χ2n) is 9.88. The monoisotopic (exact) mass is 473 g/mol. The molecule has 4 aromatic rings. The van der Waals surface area contributed by atoms with Crippen LogP contribution in [-0.4, -0.2) is 30.0 Å². The van der Waals surface area contributed by atoms with Crippen molar-refractivity contribution < 1.29 is 4.79 Å². The van der Waals surface area contributed by atoms with Crippen LogP contribution in [0.25, 0.3) is 21.0 Å². The standard InChI is InChI=1S/C29H35N3OS/c1-3-4-7-23(16-22-19-30-26-9-6-5-8-25(22)26)31-29(33)28-17-21-10-11-24(18-27(21)34-28)32-14-12-20(2)13-15-32/h5-6,8-11,17-20,23,30H,3-4,7,12-16H2,1-2H3,(H,31,33). The number of aromatic nitrogens is 1. The number of aromatic amines is 1. The number of nitrogens with zero attached hydrogens (tertiary/aromatic N) is 1. The van der Waals surface area contributed by atoms with Crippen LogP contribution in [0.1, 0.15) is 61.2 Å². The van der Waals surface area contributed by atoms with E-state index in [2.05, 4.69) is 83.8 Å². The smallest absolute Gasteiger partial charge is 0.261 e. The average molecular weight is 474 g/mol. The fourth-order valence-corrected chi connectivity index (χ4v) is 6.09. The molecule has 0 aliphatic carbocycles. The van der Waals surface area contributed by atoms with Crippen LogP contribution in [0.2, 0.25) is 0 Å². The van der Waals surface area contributed by atoms with Gasteiger partial charge in [-0.25, -0.2) is 0 Å². The number of thiophene rings is 1. The van der Waals surface area contributed by atoms with E-state index in [0.717, 1.165) is 60.5 Å². The molecule has 1 fully saturated rings. The number of piperidine rings is 1. The average Bonchev–Trinajstić information content (AvgIpc) is 3.47. The number of hydrogen-bond donors (Lipinski definition) is 2. The highest BCUT2D eigenvalue weighted by Gasteiger charge is 2.19. The van der Waals surface area contributed by atoms with Crippen LogP contribution in [0.15, 0.2) is 54.7 Å². The minimum atomic E-state index is 0.0514. The van der Waals surface area contributed by atoms with Crippen LogP contribution >= 0.6 is 11.3 Å². The number of hydrogen-bond acceptors (Lipinski definition) is 3. The van der Waals surface area contributed by atoms with Crippen LogP contribution in [0.3, 0.4) is 0 Å². The molecular formula is C29H35N3OS. The molecule has 1 aliphatic rings. The summed E-state index contributed by atoms with van der Waals surface area (Å²) in [4.78, 5) is 19.9. The van der Waals surface area contributed by atoms with Gasteiger partial charge in [-0.3, -0.25) is 4.79 Å². The zero-order valence-electron chi connectivity index (χ0n) is 20.3. The first-order valence-corrected chi connectivity index (χ1v) is 13.6. The van der Waals surface area contributed by atoms with Gasteiger partial charge in [-0.1, -0.05) is 51.0 Å². The first kappa shape index (κ1) is 23.0. The topological polar surface area (TPSA) is 48.1 Å². The van der Waals surface area contributed by atoms with Crippen molar-refractivity contribution in [3.63, 3.8) is 0 Å². The minimum Gasteiger partial charge on any atom is -0.371 e. The van der Waals surface area contributed by atoms with Gasteiger partial charge in [-0.2, -0.15) is 0 Å². The van der Waals surface area contributed by atoms with Crippen LogP contribution in [0, 0.1) is 5.92 Å². The third-order valence-corrected chi connectivity index (χ3v) is 8.36. The van der Waals surface area contributed by atoms with Gasteiger partial charge in [0.05, 0.1) is 4.88 Å². The number of unbranched alkanes of at least 4 members (excludes halogenated alkanes) is 1. The molecule has 5 rings (SSSR count). The predicted molar refractivity (Wildman–Crippen MR) is 145 cm³/mol. The molecule has 0 saturated carbocycles. The molecule has 178 valence electrons. The number of para-hydroxylation sites is 1. The van der Waals surface area contributed by atoms with Crippen molar-refractivity contribution in [3.05, 3.63) is 65.2 Å². The summed E-state index contributed by atoms with van der Waals surface area (Å²) < 4.78 is 1.20. The van der Waals surface area contributed by atoms with Gasteiger partial charge in [-0.15, -0.1) is 11.3 Å². The van der Waals surface area contributed by atoms with Gasteiger partial charge in [0.1, 0.15) is 0 Å². The molecule has 1 saturated heterocycles. The number of carbonyl (C=O) groups is 1. The van der Waals surface area contributed by atoms with E-state index in [1.165, 1.54) is 34.2 Å². The third kappa shape index (κ3) is 5.00. The summed E-state index contributed by atoms with van der Waals surface area (Å²) >= 11 is 1.62. The number of carbonyl (C=O) groups excluding carboxylic acids is 1. The minimum absolute atomic E-state index is 0.0514. The molecule has 0 radical (unpaired) electrons. The van der Waals surface area contributed by atoms with E-state index in [4.69, 9.17) is 0 Å². The van der Waals surface area contributed by atoms with Gasteiger partial charge in [0.2, 0.25) is 0 Å². The van der Waals surface area contributed by atoms with Crippen molar-refractivity contribution in [2.75, 3.05) is 18.0 Å². The van der Waals surface area contributed by atoms with Crippen molar-refractivity contribution in [3.8, 4) is 0 Å². The van der Waals surface area contributed by atoms with E-state index < -0.39 is 0 Å². The SMILES string of the molecule is CCCCC(Cc1c[nH]c2ccccc12)NC(=O)c1cc2ccc(N3CCC(C)CC3)cc2s1. The normalized spacial score (nSPS) is 15.8. The van der Waals surface area contributed by atoms with Crippen molar-refractivity contribution in [2.45, 2.75) is 58.4 Å². The molecule has 34 heavy (non-hydrogen) atoms. The summed E-state index contributed by atoms with van der Waals surface area (Å²) in [7, 11) is 0. The predicted octanol–water partition coefficient (Wildman–Crippen LogP) is 7.15. The Kier molecular flexibility index (Phi) is 6.91. The summed E-state index contributed by atoms with van der Waals surface area (Å²) in [5.74, 6) is 0.873. The number of nitrogens with one attached hydrogen (secondary N) is 2. The van der Waals surface area contributed by atoms with Crippen molar-refractivity contribution >= 4 is 43.9 Å². The lowest BCUT2D eigenvalue weighted by molar-refractivity contribution is 0.0938. The largest absolute Gasteiger partial charge is 0.371 e. The van der Waals surface area contributed by atoms with Crippen LogP contribution < -0.4 is 10.2 Å². The molecule has 5 heteroatoms. The maximum Gasteiger partial charge on any atom is 0.261 e. The Morgan fingerprint density at radius 2 is 2.00 bits per heavy atom. The fraction of sp³-hybridized carbons (Fsp3) is 0.414. The molecule has 0 spiro atoms. The van der Waals surface area contributed by atoms with Crippen LogP contribution in [-0.2, 0) is 6.42 Å². The summed E-state index contributed by atoms with van der Waals surface area (Å²) in [5, 5.41) is 5.77. The fourth-order valence-electron chi connectivity index (χ4n) is 5.09. The number of benzene rings is 2. The third-order valence-electron chi connectivity index (χ3n) is 7.26. The molecule has 2 aromatic carbocycles. The van der Waals surface area contributed by atoms with Gasteiger partial charge in [-0.05, 0) is 66.8 Å². The number of fused-ring (bicyclic) bond motifs is 2. The highest BCUT2D eigenvalue weighted by Crippen LogP contribution is 2.32. The molecule has 3 heterocycles. The van der Waals surface area contributed by atoms with Crippen LogP contribution in [0.5, 0.6) is 0 Å². The van der Waals surface area contributed by atoms with E-state index in [1.54, 1.807) is 11.3 Å². The summed E-state index contributed by atoms with van der Waals surface area (Å²) in [6.07, 6.45) is 8.68. The lowest BCUT2D eigenvalue weighted by Gasteiger charge is -2.32. The van der Waals surface area contributed by atoms with Gasteiger partial charge >= 0.3 is 0 Å². The molecule has 2 aromatic heterocycles. The molecule has 0 bridgehead atoms. The van der Waals surface area contributed by atoms with E-state index in [9.17, 15) is 4.79 Å². The molecule has 1 unspecified atom stereocenters. The molecular weight excluding hydrogens is 438 g/mol. The highest BCUT2D eigenvalue weighted by atomic mass is 32.1. The highest BCUT2D eigenvalue weighted by molar-refractivity contribution is 7.20. The Balaban J connectivity index is 1.31. The Morgan fingerprint density at radius 3 is 2.82 bits per heavy atom. The zero-order chi connectivity index (χ0) is 23.5. The van der Waals surface area contributed by atoms with Crippen molar-refractivity contribution in [1.82, 2.24) is 10.3 Å². The van der Waals surface area contributed by atoms with E-state index in [0.29, 0.717) is 0 Å². The van der Waals surface area contributed by atoms with Gasteiger partial charge in [0, 0.05) is 46.6 Å². The number of H-pyrrole nitrogens is 1. The maximum atomic E-state index is 13.3. The Labute approximate surface area is 206 Å². The maximum absolute atomic E-state index is 13.3. The second-order valence-corrected chi connectivity index (χ2v) is 11.0. The first-order valence-electron chi connectivity index (χ1n) is 12.7. The quantitative estimate of drug-likeness (QED) is 0.285. The first-order chi connectivity index (χ1) is 16.6. The second kappa shape index (κ2) is 10.2. The zero-order valence-corrected chi connectivity index (χ0v) is 21.1. The van der Waals surface area contributed by atoms with Gasteiger partial charge in [0.25, 0.3) is 5.91 Å². The number of amides is 1. The summed E-state index contributed by atoms with van der Waals surface area (Å²) in [6.45, 7) is 6.80. The lowest BCUT2D eigenvalue weighted by atomic mass is 9.99. The van der Waals surface area contributed by atoms with Crippen LogP contribution in [0.4, 0.5) is 5.69 Å². The summed E-state index contributed by atoms with van der Waals surface area (Å²) in [5.41, 5.74) is 3.71.